The van der Waals surface area contributed by atoms with Crippen molar-refractivity contribution in [1.29, 1.82) is 0 Å². The Morgan fingerprint density at radius 3 is 1.32 bits per heavy atom. The minimum Gasteiger partial charge on any atom is -0.478 e. The first-order valence-electron chi connectivity index (χ1n) is 29.9. The van der Waals surface area contributed by atoms with Crippen LogP contribution in [0.5, 0.6) is 0 Å². The summed E-state index contributed by atoms with van der Waals surface area (Å²) >= 11 is 0. The zero-order chi connectivity index (χ0) is 59.6. The van der Waals surface area contributed by atoms with Crippen molar-refractivity contribution in [3.8, 4) is 22.3 Å². The highest BCUT2D eigenvalue weighted by Crippen LogP contribution is 2.35. The van der Waals surface area contributed by atoms with Crippen molar-refractivity contribution in [2.75, 3.05) is 102 Å². The Balaban J connectivity index is 0.000000192. The van der Waals surface area contributed by atoms with Crippen LogP contribution in [0.2, 0.25) is 0 Å². The van der Waals surface area contributed by atoms with Gasteiger partial charge in [0.25, 0.3) is 0 Å². The number of carbonyl (C=O) groups excluding carboxylic acids is 3. The minimum atomic E-state index is -1.55. The van der Waals surface area contributed by atoms with E-state index in [4.69, 9.17) is 24.4 Å². The lowest BCUT2D eigenvalue weighted by molar-refractivity contribution is -0.157. The summed E-state index contributed by atoms with van der Waals surface area (Å²) in [6.07, 6.45) is 8.19. The van der Waals surface area contributed by atoms with Crippen LogP contribution in [0.1, 0.15) is 81.9 Å². The smallest absolute Gasteiger partial charge is 0.410 e. The van der Waals surface area contributed by atoms with E-state index >= 15 is 0 Å². The number of hydrogen-bond acceptors (Lipinski definition) is 15. The van der Waals surface area contributed by atoms with Crippen LogP contribution in [0.4, 0.5) is 21.0 Å². The first-order chi connectivity index (χ1) is 41.2. The average Bonchev–Trinajstić information content (AvgIpc) is 2.93. The second-order valence-electron chi connectivity index (χ2n) is 23.1. The molecular weight excluding hydrogens is 1080 g/mol. The number of hydrogen-bond donors (Lipinski definition) is 3. The van der Waals surface area contributed by atoms with Gasteiger partial charge in [0, 0.05) is 100 Å². The maximum Gasteiger partial charge on any atom is 0.410 e. The summed E-state index contributed by atoms with van der Waals surface area (Å²) in [4.78, 5) is 61.3. The molecule has 0 bridgehead atoms. The number of likely N-dealkylation sites (tertiary alicyclic amines) is 2. The van der Waals surface area contributed by atoms with Crippen molar-refractivity contribution < 1.29 is 48.7 Å². The Morgan fingerprint density at radius 2 is 0.929 bits per heavy atom. The maximum atomic E-state index is 12.9. The molecule has 2 atom stereocenters. The number of esters is 1. The summed E-state index contributed by atoms with van der Waals surface area (Å²) in [5, 5.41) is 36.9. The number of carbonyl (C=O) groups is 4. The highest BCUT2D eigenvalue weighted by Gasteiger charge is 2.32. The van der Waals surface area contributed by atoms with Crippen molar-refractivity contribution in [3.63, 3.8) is 0 Å². The minimum absolute atomic E-state index is 0.0392. The standard InChI is InChI=1S/C36H43N5O5.C29H37N5O5/c1-26(2)38-16-13-30(14-17-38)28-8-10-29(11-9-28)31-22-33-32(12-15-37-41(33)23-31)39-18-20-40(21-19-39)36(44)46-34(24-42)35(43)45-25-27-6-4-3-5-7-27;1-20(2)31-11-8-23(9-12-31)21-3-5-22(6-4-21)24-17-26-25(7-10-30-34(26)18-24)32-13-15-33(16-14-32)29(38)39-27(19-35)28(36)37/h3-12,15,22-23,26,30,34,42H,13-14,16-21,24-25H2,1-2H3;3-7,10,17-18,20,23,27,35H,8-9,11-16,19H2,1-2H3,(H,36,37). The predicted molar refractivity (Wildman–Crippen MR) is 325 cm³/mol. The van der Waals surface area contributed by atoms with Crippen molar-refractivity contribution in [2.45, 2.75) is 96.1 Å². The summed E-state index contributed by atoms with van der Waals surface area (Å²) in [5.74, 6) is -0.910. The third-order valence-corrected chi connectivity index (χ3v) is 17.3. The molecule has 3 N–H and O–H groups in total. The Kier molecular flexibility index (Phi) is 19.6. The Labute approximate surface area is 496 Å². The highest BCUT2D eigenvalue weighted by molar-refractivity contribution is 5.83. The summed E-state index contributed by atoms with van der Waals surface area (Å²) in [6, 6.07) is 36.7. The largest absolute Gasteiger partial charge is 0.478 e. The van der Waals surface area contributed by atoms with E-state index < -0.39 is 49.5 Å². The summed E-state index contributed by atoms with van der Waals surface area (Å²) in [5.41, 5.74) is 12.2. The second kappa shape index (κ2) is 27.8. The zero-order valence-corrected chi connectivity index (χ0v) is 49.2. The van der Waals surface area contributed by atoms with E-state index in [-0.39, 0.29) is 6.61 Å². The van der Waals surface area contributed by atoms with E-state index in [1.54, 1.807) is 17.3 Å². The third-order valence-electron chi connectivity index (χ3n) is 17.3. The van der Waals surface area contributed by atoms with Gasteiger partial charge in [-0.05, 0) is 143 Å². The molecule has 8 heterocycles. The molecule has 4 saturated heterocycles. The number of ether oxygens (including phenoxy) is 3. The molecule has 20 heteroatoms. The van der Waals surface area contributed by atoms with Crippen LogP contribution in [0.25, 0.3) is 33.3 Å². The molecule has 3 aromatic carbocycles. The van der Waals surface area contributed by atoms with Crippen molar-refractivity contribution in [1.82, 2.24) is 38.8 Å². The lowest BCUT2D eigenvalue weighted by Gasteiger charge is -2.36. The monoisotopic (exact) mass is 1160 g/mol. The van der Waals surface area contributed by atoms with Crippen LogP contribution in [-0.2, 0) is 30.4 Å². The van der Waals surface area contributed by atoms with Gasteiger partial charge in [-0.15, -0.1) is 0 Å². The Hall–Kier alpha value is -8.04. The first kappa shape index (κ1) is 60.1. The van der Waals surface area contributed by atoms with Gasteiger partial charge in [0.2, 0.25) is 12.2 Å². The number of amides is 2. The fourth-order valence-electron chi connectivity index (χ4n) is 12.0. The van der Waals surface area contributed by atoms with Gasteiger partial charge in [0.05, 0.1) is 35.6 Å². The molecule has 0 radical (unpaired) electrons. The lowest BCUT2D eigenvalue weighted by Crippen LogP contribution is -2.50. The molecule has 4 aliphatic heterocycles. The van der Waals surface area contributed by atoms with Crippen LogP contribution < -0.4 is 9.80 Å². The van der Waals surface area contributed by atoms with E-state index in [1.807, 2.05) is 57.7 Å². The number of piperidine rings is 2. The average molecular weight is 1160 g/mol. The van der Waals surface area contributed by atoms with Gasteiger partial charge in [0.1, 0.15) is 6.61 Å². The zero-order valence-electron chi connectivity index (χ0n) is 49.2. The normalized spacial score (nSPS) is 17.5. The van der Waals surface area contributed by atoms with Crippen LogP contribution in [-0.4, -0.2) is 194 Å². The molecule has 0 saturated carbocycles. The highest BCUT2D eigenvalue weighted by atomic mass is 16.6. The molecule has 2 unspecified atom stereocenters. The van der Waals surface area contributed by atoms with Crippen molar-refractivity contribution in [3.05, 3.63) is 145 Å². The molecule has 4 aromatic heterocycles. The van der Waals surface area contributed by atoms with E-state index in [9.17, 15) is 24.3 Å². The number of nitrogens with zero attached hydrogens (tertiary/aromatic N) is 10. The number of aliphatic carboxylic acids is 1. The number of anilines is 2. The van der Waals surface area contributed by atoms with Crippen molar-refractivity contribution >= 4 is 46.5 Å². The molecular formula is C65H80N10O10. The third kappa shape index (κ3) is 14.6. The number of benzene rings is 3. The van der Waals surface area contributed by atoms with Crippen LogP contribution in [0, 0.1) is 0 Å². The molecule has 85 heavy (non-hydrogen) atoms. The Bertz CT molecular complexity index is 3340. The summed E-state index contributed by atoms with van der Waals surface area (Å²) < 4.78 is 19.3. The van der Waals surface area contributed by atoms with E-state index in [0.717, 1.165) is 76.4 Å². The fraction of sp³-hybridized carbons (Fsp3) is 0.446. The van der Waals surface area contributed by atoms with E-state index in [1.165, 1.54) is 41.7 Å². The molecule has 20 nitrogen and oxygen atoms in total. The van der Waals surface area contributed by atoms with Gasteiger partial charge in [0.15, 0.2) is 0 Å². The predicted octanol–water partition coefficient (Wildman–Crippen LogP) is 8.25. The number of fused-ring (bicyclic) bond motifs is 2. The van der Waals surface area contributed by atoms with E-state index in [0.29, 0.717) is 76.3 Å². The lowest BCUT2D eigenvalue weighted by atomic mass is 9.88. The molecule has 2 amide bonds. The number of aliphatic hydroxyl groups excluding tert-OH is 2. The Morgan fingerprint density at radius 1 is 0.518 bits per heavy atom. The summed E-state index contributed by atoms with van der Waals surface area (Å²) in [6.45, 7) is 16.3. The van der Waals surface area contributed by atoms with Gasteiger partial charge in [-0.2, -0.15) is 10.2 Å². The molecule has 0 spiro atoms. The SMILES string of the molecule is CC(C)N1CCC(c2ccc(-c3cc4c(N5CCN(C(=O)OC(CO)C(=O)O)CC5)ccnn4c3)cc2)CC1.CC(C)N1CCC(c2ccc(-c3cc4c(N5CCN(C(=O)OC(CO)C(=O)OCc6ccccc6)CC5)ccnn4c3)cc2)CC1. The van der Waals surface area contributed by atoms with Gasteiger partial charge in [-0.3, -0.25) is 0 Å². The van der Waals surface area contributed by atoms with Gasteiger partial charge >= 0.3 is 24.1 Å². The number of rotatable bonds is 16. The maximum absolute atomic E-state index is 12.9. The molecule has 7 aromatic rings. The first-order valence-corrected chi connectivity index (χ1v) is 29.9. The second-order valence-corrected chi connectivity index (χ2v) is 23.1. The van der Waals surface area contributed by atoms with Crippen molar-refractivity contribution in [2.24, 2.45) is 0 Å². The molecule has 4 aliphatic rings. The van der Waals surface area contributed by atoms with Crippen LogP contribution >= 0.6 is 0 Å². The molecule has 450 valence electrons. The summed E-state index contributed by atoms with van der Waals surface area (Å²) in [7, 11) is 0. The topological polar surface area (TPSA) is 211 Å². The van der Waals surface area contributed by atoms with Crippen LogP contribution in [0.15, 0.2) is 128 Å². The quantitative estimate of drug-likeness (QED) is 0.0614. The fourth-order valence-corrected chi connectivity index (χ4v) is 12.0. The van der Waals surface area contributed by atoms with E-state index in [2.05, 4.69) is 124 Å². The number of carboxylic acids is 1. The van der Waals surface area contributed by atoms with Gasteiger partial charge in [-0.25, -0.2) is 28.2 Å². The molecule has 4 fully saturated rings. The molecule has 0 aliphatic carbocycles. The number of carboxylic acid groups (broad SMARTS) is 1. The van der Waals surface area contributed by atoms with Gasteiger partial charge in [-0.1, -0.05) is 78.9 Å². The van der Waals surface area contributed by atoms with Gasteiger partial charge < -0.3 is 58.9 Å². The van der Waals surface area contributed by atoms with Crippen LogP contribution in [0.3, 0.4) is 0 Å². The number of piperazine rings is 2. The number of aromatic nitrogens is 4. The molecule has 11 rings (SSSR count). The number of aliphatic hydroxyl groups is 2.